The van der Waals surface area contributed by atoms with Crippen LogP contribution in [0.2, 0.25) is 5.02 Å². The molecule has 14 nitrogen and oxygen atoms in total. The number of halogens is 1. The van der Waals surface area contributed by atoms with E-state index in [1.807, 2.05) is 25.3 Å². The maximum absolute atomic E-state index is 7.34. The molecule has 48 heavy (non-hydrogen) atoms. The zero-order chi connectivity index (χ0) is 33.0. The molecule has 2 bridgehead atoms. The third kappa shape index (κ3) is 7.26. The summed E-state index contributed by atoms with van der Waals surface area (Å²) in [6.07, 6.45) is 13.2. The van der Waals surface area contributed by atoms with Gasteiger partial charge in [-0.25, -0.2) is 15.0 Å². The van der Waals surface area contributed by atoms with Gasteiger partial charge in [-0.15, -0.1) is 5.10 Å². The fourth-order valence-corrected chi connectivity index (χ4v) is 7.45. The van der Waals surface area contributed by atoms with Crippen molar-refractivity contribution in [2.24, 2.45) is 11.1 Å². The molecule has 2 aromatic heterocycles. The van der Waals surface area contributed by atoms with Gasteiger partial charge in [0, 0.05) is 42.0 Å². The SMILES string of the molecule is C[C@@H](CN(C=N)N=N)Oc1cc(-c2cnc(Nc3cn([C@H]4CC[C@H](N5C6CCC5COC6)CC4)nc3OCC3COC3)nc2)ccc1Cl. The van der Waals surface area contributed by atoms with Gasteiger partial charge in [-0.1, -0.05) is 22.9 Å². The van der Waals surface area contributed by atoms with Gasteiger partial charge in [0.25, 0.3) is 5.88 Å². The van der Waals surface area contributed by atoms with Gasteiger partial charge in [-0.3, -0.25) is 15.0 Å². The number of rotatable bonds is 14. The van der Waals surface area contributed by atoms with E-state index in [0.717, 1.165) is 49.2 Å². The van der Waals surface area contributed by atoms with Crippen molar-refractivity contribution in [2.75, 3.05) is 44.9 Å². The summed E-state index contributed by atoms with van der Waals surface area (Å²) in [6.45, 7) is 5.80. The number of hydrogen-bond acceptors (Lipinski definition) is 12. The predicted octanol–water partition coefficient (Wildman–Crippen LogP) is 5.73. The molecule has 3 atom stereocenters. The average molecular weight is 679 g/mol. The first-order valence-corrected chi connectivity index (χ1v) is 17.2. The molecule has 1 aromatic carbocycles. The van der Waals surface area contributed by atoms with Gasteiger partial charge in [0.2, 0.25) is 5.95 Å². The highest BCUT2D eigenvalue weighted by atomic mass is 35.5. The Hall–Kier alpha value is -3.85. The Morgan fingerprint density at radius 3 is 2.38 bits per heavy atom. The minimum atomic E-state index is -0.361. The monoisotopic (exact) mass is 678 g/mol. The number of fused-ring (bicyclic) bond motifs is 2. The molecule has 3 N–H and O–H groups in total. The molecule has 3 aliphatic heterocycles. The fourth-order valence-electron chi connectivity index (χ4n) is 7.28. The fraction of sp³-hybridized carbons (Fsp3) is 0.576. The van der Waals surface area contributed by atoms with Gasteiger partial charge >= 0.3 is 0 Å². The third-order valence-corrected chi connectivity index (χ3v) is 10.1. The Bertz CT molecular complexity index is 1540. The molecule has 2 unspecified atom stereocenters. The molecule has 5 heterocycles. The highest BCUT2D eigenvalue weighted by Gasteiger charge is 2.42. The van der Waals surface area contributed by atoms with Gasteiger partial charge in [0.05, 0.1) is 56.8 Å². The molecule has 3 saturated heterocycles. The van der Waals surface area contributed by atoms with Crippen LogP contribution in [-0.2, 0) is 9.47 Å². The minimum absolute atomic E-state index is 0.240. The highest BCUT2D eigenvalue weighted by Crippen LogP contribution is 2.40. The van der Waals surface area contributed by atoms with Crippen molar-refractivity contribution in [1.82, 2.24) is 29.7 Å². The molecule has 4 aliphatic rings. The number of hydrogen-bond donors (Lipinski definition) is 3. The second-order valence-electron chi connectivity index (χ2n) is 13.2. The highest BCUT2D eigenvalue weighted by molar-refractivity contribution is 6.32. The summed E-state index contributed by atoms with van der Waals surface area (Å²) in [5.41, 5.74) is 9.52. The van der Waals surface area contributed by atoms with Crippen molar-refractivity contribution in [3.63, 3.8) is 0 Å². The standard InChI is InChI=1S/C33H43ClN10O4/c1-21(13-42(20-35)41-36)48-31-10-23(2-9-29(31)34)24-11-37-33(38-12-24)39-30-14-43(40-32(30)47-17-22-15-45-16-22)25-3-5-26(6-4-25)44-27-7-8-28(44)19-46-18-27/h2,9-12,14,20-22,25-28,35-36H,3-8,13,15-19H2,1H3,(H,37,38,39)/t21-,25-,26-,27?,28?/m0/s1. The van der Waals surface area contributed by atoms with Crippen molar-refractivity contribution < 1.29 is 18.9 Å². The van der Waals surface area contributed by atoms with E-state index in [9.17, 15) is 0 Å². The average Bonchev–Trinajstić information content (AvgIpc) is 3.60. The Kier molecular flexibility index (Phi) is 10.0. The van der Waals surface area contributed by atoms with Crippen molar-refractivity contribution in [2.45, 2.75) is 75.7 Å². The summed E-state index contributed by atoms with van der Waals surface area (Å²) in [5.74, 6) is 1.84. The van der Waals surface area contributed by atoms with Crippen LogP contribution < -0.4 is 14.8 Å². The number of morpholine rings is 1. The largest absolute Gasteiger partial charge is 0.487 e. The molecule has 0 radical (unpaired) electrons. The lowest BCUT2D eigenvalue weighted by molar-refractivity contribution is -0.0515. The van der Waals surface area contributed by atoms with E-state index in [1.54, 1.807) is 18.5 Å². The van der Waals surface area contributed by atoms with E-state index in [2.05, 4.69) is 30.1 Å². The number of benzene rings is 1. The lowest BCUT2D eigenvalue weighted by Crippen LogP contribution is -2.52. The van der Waals surface area contributed by atoms with Crippen LogP contribution in [0.15, 0.2) is 42.0 Å². The summed E-state index contributed by atoms with van der Waals surface area (Å²) < 4.78 is 25.5. The molecule has 0 amide bonds. The number of anilines is 2. The summed E-state index contributed by atoms with van der Waals surface area (Å²) in [7, 11) is 0. The first-order chi connectivity index (χ1) is 23.5. The van der Waals surface area contributed by atoms with Gasteiger partial charge in [0.1, 0.15) is 23.9 Å². The minimum Gasteiger partial charge on any atom is -0.487 e. The lowest BCUT2D eigenvalue weighted by atomic mass is 9.89. The first kappa shape index (κ1) is 32.7. The van der Waals surface area contributed by atoms with Crippen LogP contribution >= 0.6 is 11.6 Å². The third-order valence-electron chi connectivity index (χ3n) is 9.83. The smallest absolute Gasteiger partial charge is 0.256 e. The molecular formula is C33H43ClN10O4. The molecule has 0 spiro atoms. The molecule has 1 aliphatic carbocycles. The van der Waals surface area contributed by atoms with Crippen LogP contribution in [0.1, 0.15) is 51.5 Å². The summed E-state index contributed by atoms with van der Waals surface area (Å²) in [5, 5.41) is 20.5. The van der Waals surface area contributed by atoms with Gasteiger partial charge in [-0.05, 0) is 63.1 Å². The molecule has 256 valence electrons. The predicted molar refractivity (Wildman–Crippen MR) is 179 cm³/mol. The van der Waals surface area contributed by atoms with E-state index in [-0.39, 0.29) is 12.6 Å². The first-order valence-electron chi connectivity index (χ1n) is 16.8. The van der Waals surface area contributed by atoms with E-state index in [1.165, 1.54) is 30.7 Å². The molecule has 7 rings (SSSR count). The van der Waals surface area contributed by atoms with Gasteiger partial charge in [0.15, 0.2) is 0 Å². The van der Waals surface area contributed by atoms with Gasteiger partial charge in [-0.2, -0.15) is 5.53 Å². The quantitative estimate of drug-likeness (QED) is 0.0832. The zero-order valence-electron chi connectivity index (χ0n) is 27.1. The molecular weight excluding hydrogens is 636 g/mol. The molecule has 3 aromatic rings. The van der Waals surface area contributed by atoms with E-state index in [0.29, 0.717) is 72.5 Å². The number of ether oxygens (including phenoxy) is 4. The van der Waals surface area contributed by atoms with E-state index >= 15 is 0 Å². The topological polar surface area (TPSA) is 159 Å². The van der Waals surface area contributed by atoms with E-state index in [4.69, 9.17) is 46.6 Å². The maximum Gasteiger partial charge on any atom is 0.256 e. The summed E-state index contributed by atoms with van der Waals surface area (Å²) in [4.78, 5) is 12.0. The summed E-state index contributed by atoms with van der Waals surface area (Å²) in [6, 6.07) is 7.60. The van der Waals surface area contributed by atoms with Gasteiger partial charge < -0.3 is 24.3 Å². The van der Waals surface area contributed by atoms with Crippen LogP contribution in [0, 0.1) is 16.9 Å². The van der Waals surface area contributed by atoms with Crippen LogP contribution in [0.3, 0.4) is 0 Å². The Balaban J connectivity index is 1.02. The number of nitrogens with one attached hydrogen (secondary N) is 3. The molecule has 15 heteroatoms. The zero-order valence-corrected chi connectivity index (χ0v) is 27.9. The van der Waals surface area contributed by atoms with Crippen LogP contribution in [0.5, 0.6) is 11.6 Å². The molecule has 4 fully saturated rings. The number of aromatic nitrogens is 4. The Labute approximate surface area is 285 Å². The van der Waals surface area contributed by atoms with Crippen molar-refractivity contribution in [3.05, 3.63) is 41.8 Å². The normalized spacial score (nSPS) is 24.8. The second-order valence-corrected chi connectivity index (χ2v) is 13.6. The van der Waals surface area contributed by atoms with Crippen molar-refractivity contribution >= 4 is 29.6 Å². The molecule has 1 saturated carbocycles. The van der Waals surface area contributed by atoms with Crippen LogP contribution in [0.4, 0.5) is 11.6 Å². The second kappa shape index (κ2) is 14.7. The van der Waals surface area contributed by atoms with Crippen LogP contribution in [-0.4, -0.2) is 99.8 Å². The van der Waals surface area contributed by atoms with Crippen LogP contribution in [0.25, 0.3) is 11.1 Å². The van der Waals surface area contributed by atoms with Crippen molar-refractivity contribution in [1.29, 1.82) is 10.9 Å². The maximum atomic E-state index is 7.34. The summed E-state index contributed by atoms with van der Waals surface area (Å²) >= 11 is 6.42. The van der Waals surface area contributed by atoms with Crippen molar-refractivity contribution in [3.8, 4) is 22.8 Å². The van der Waals surface area contributed by atoms with E-state index < -0.39 is 0 Å². The Morgan fingerprint density at radius 1 is 1.02 bits per heavy atom. The number of nitrogens with zero attached hydrogens (tertiary/aromatic N) is 7. The Morgan fingerprint density at radius 2 is 1.71 bits per heavy atom. The lowest BCUT2D eigenvalue weighted by Gasteiger charge is -2.43.